The fraction of sp³-hybridized carbons (Fsp3) is 0.692. The van der Waals surface area contributed by atoms with Gasteiger partial charge < -0.3 is 69.0 Å². The highest BCUT2D eigenvalue weighted by Gasteiger charge is 2.47. The van der Waals surface area contributed by atoms with Crippen molar-refractivity contribution in [3.8, 4) is 0 Å². The van der Waals surface area contributed by atoms with Crippen LogP contribution in [0.2, 0.25) is 0 Å². The average molecular weight is 881 g/mol. The predicted octanol–water partition coefficient (Wildman–Crippen LogP) is -3.60. The summed E-state index contributed by atoms with van der Waals surface area (Å²) in [6.45, 7) is 0.146. The molecule has 0 saturated carbocycles. The monoisotopic (exact) mass is 880 g/mol. The third-order valence-electron chi connectivity index (χ3n) is 7.45. The topological polar surface area (TPSA) is 375 Å². The van der Waals surface area contributed by atoms with Crippen molar-refractivity contribution in [2.75, 3.05) is 56.1 Å². The maximum atomic E-state index is 12.5. The van der Waals surface area contributed by atoms with Gasteiger partial charge in [-0.05, 0) is 10.9 Å². The lowest BCUT2D eigenvalue weighted by Gasteiger charge is -2.36. The second kappa shape index (κ2) is 20.1. The van der Waals surface area contributed by atoms with Crippen LogP contribution in [0.1, 0.15) is 32.9 Å². The first-order valence-corrected chi connectivity index (χ1v) is 23.5. The van der Waals surface area contributed by atoms with Crippen LogP contribution in [-0.4, -0.2) is 121 Å². The van der Waals surface area contributed by atoms with Gasteiger partial charge >= 0.3 is 0 Å². The highest BCUT2D eigenvalue weighted by atomic mass is 32.2. The predicted molar refractivity (Wildman–Crippen MR) is 187 cm³/mol. The van der Waals surface area contributed by atoms with Gasteiger partial charge in [-0.2, -0.15) is 0 Å². The van der Waals surface area contributed by atoms with Gasteiger partial charge in [-0.1, -0.05) is 25.6 Å². The van der Waals surface area contributed by atoms with E-state index in [1.165, 1.54) is 13.8 Å². The van der Waals surface area contributed by atoms with Crippen LogP contribution in [0.4, 0.5) is 5.82 Å². The molecule has 0 aromatic carbocycles. The van der Waals surface area contributed by atoms with Gasteiger partial charge in [0.1, 0.15) is 42.0 Å². The van der Waals surface area contributed by atoms with E-state index in [9.17, 15) is 57.9 Å². The molecule has 0 radical (unpaired) electrons. The van der Waals surface area contributed by atoms with Crippen LogP contribution in [0.15, 0.2) is 12.7 Å². The number of aliphatic hydroxyl groups is 2. The van der Waals surface area contributed by atoms with Gasteiger partial charge in [-0.15, -0.1) is 0 Å². The Balaban J connectivity index is 1.49. The highest BCUT2D eigenvalue weighted by Crippen LogP contribution is 2.56. The Morgan fingerprint density at radius 1 is 1.07 bits per heavy atom. The Hall–Kier alpha value is -2.09. The molecule has 2 unspecified atom stereocenters. The zero-order valence-corrected chi connectivity index (χ0v) is 34.1. The number of carbonyl (C=O) groups excluding carboxylic acids is 3. The number of carbonyl (C=O) groups is 3. The van der Waals surface area contributed by atoms with Crippen LogP contribution in [0, 0.1) is 5.41 Å². The zero-order valence-electron chi connectivity index (χ0n) is 29.7. The van der Waals surface area contributed by atoms with E-state index in [0.717, 1.165) is 34.7 Å². The van der Waals surface area contributed by atoms with Crippen molar-refractivity contribution in [1.82, 2.24) is 30.2 Å². The quantitative estimate of drug-likeness (QED) is 0.0433. The minimum absolute atomic E-state index is 0.0201. The summed E-state index contributed by atoms with van der Waals surface area (Å²) in [4.78, 5) is 95.7. The molecule has 312 valence electrons. The molecule has 1 aliphatic heterocycles. The molecule has 7 atom stereocenters. The molecule has 1 aliphatic rings. The van der Waals surface area contributed by atoms with E-state index < -0.39 is 84.6 Å². The van der Waals surface area contributed by atoms with Gasteiger partial charge in [0.15, 0.2) is 22.8 Å². The van der Waals surface area contributed by atoms with Crippen LogP contribution in [0.25, 0.3) is 11.2 Å². The maximum absolute atomic E-state index is 12.5. The zero-order chi connectivity index (χ0) is 41.4. The Kier molecular flexibility index (Phi) is 17.2. The molecule has 0 bridgehead atoms. The number of rotatable bonds is 22. The molecule has 3 rings (SSSR count). The van der Waals surface area contributed by atoms with Crippen LogP contribution >= 0.6 is 35.2 Å². The van der Waals surface area contributed by atoms with Gasteiger partial charge in [0.2, 0.25) is 11.8 Å². The summed E-state index contributed by atoms with van der Waals surface area (Å²) < 4.78 is 60.4. The van der Waals surface area contributed by atoms with Crippen molar-refractivity contribution in [1.29, 1.82) is 0 Å². The van der Waals surface area contributed by atoms with Crippen molar-refractivity contribution in [3.05, 3.63) is 12.7 Å². The van der Waals surface area contributed by atoms with Gasteiger partial charge in [0, 0.05) is 30.7 Å². The van der Waals surface area contributed by atoms with Crippen molar-refractivity contribution in [2.45, 2.75) is 57.3 Å². The lowest BCUT2D eigenvalue weighted by Crippen LogP contribution is -2.46. The number of thioether (sulfide) groups is 1. The Morgan fingerprint density at radius 3 is 2.40 bits per heavy atom. The minimum Gasteiger partial charge on any atom is -0.790 e. The fourth-order valence-electron chi connectivity index (χ4n) is 4.63. The van der Waals surface area contributed by atoms with Gasteiger partial charge in [-0.3, -0.25) is 28.1 Å². The van der Waals surface area contributed by atoms with Crippen molar-refractivity contribution in [2.24, 2.45) is 5.41 Å². The lowest BCUT2D eigenvalue weighted by atomic mass is 9.87. The number of aromatic nitrogens is 4. The van der Waals surface area contributed by atoms with Crippen molar-refractivity contribution >= 4 is 80.0 Å². The van der Waals surface area contributed by atoms with E-state index >= 15 is 0 Å². The number of imidazole rings is 1. The number of fused-ring (bicyclic) bond motifs is 1. The number of ether oxygens (including phenoxy) is 1. The first-order chi connectivity index (χ1) is 25.4. The number of phosphoric ester groups is 3. The summed E-state index contributed by atoms with van der Waals surface area (Å²) in [6, 6.07) is 0. The summed E-state index contributed by atoms with van der Waals surface area (Å²) >= 11 is 1.10. The molecule has 2 amide bonds. The van der Waals surface area contributed by atoms with Gasteiger partial charge in [0.05, 0.1) is 46.3 Å². The smallest absolute Gasteiger partial charge is 0.274 e. The molecule has 2 aromatic heterocycles. The third kappa shape index (κ3) is 15.0. The summed E-state index contributed by atoms with van der Waals surface area (Å²) in [7, 11) is -17.4. The highest BCUT2D eigenvalue weighted by molar-refractivity contribution is 8.13. The standard InChI is InChI=1S/C26H44N7O17P3S2/c1-26(2,21(37)24(38)29-7-5-16(34)28-8-9-54-17(35)6-10-55(3)4)12-47-53(44,45)50-52(42,43)46-11-15-20(49-51(39,40)41)19(36)25(48-15)33-14-32-18-22(27)30-13-31-23(18)33/h13-15,19-21,25,36-37H,5-12H2,1-4H3,(H7-,27,28,29,30,31,34,38,39,40,41,42,43,44,45)/p-3/t15-,19-,20-,21+,25-/m1/s1. The summed E-state index contributed by atoms with van der Waals surface area (Å²) in [5.41, 5.74) is 4.07. The third-order valence-corrected chi connectivity index (χ3v) is 12.4. The number of aliphatic hydroxyl groups excluding tert-OH is 2. The maximum Gasteiger partial charge on any atom is 0.274 e. The van der Waals surface area contributed by atoms with E-state index in [4.69, 9.17) is 10.5 Å². The molecule has 1 fully saturated rings. The molecular weight excluding hydrogens is 839 g/mol. The van der Waals surface area contributed by atoms with Gasteiger partial charge in [-0.25, -0.2) is 19.3 Å². The number of nitrogens with one attached hydrogen (secondary N) is 2. The fourth-order valence-corrected chi connectivity index (χ4v) is 8.77. The van der Waals surface area contributed by atoms with E-state index in [1.54, 1.807) is 0 Å². The molecule has 6 N–H and O–H groups in total. The second-order valence-corrected chi connectivity index (χ2v) is 20.2. The van der Waals surface area contributed by atoms with Crippen molar-refractivity contribution < 1.29 is 80.5 Å². The summed E-state index contributed by atoms with van der Waals surface area (Å²) in [5.74, 6) is -0.365. The number of anilines is 1. The SMILES string of the molecule is C[S+](C)CCC(=O)SCCNC(=O)CCNC(=O)[C@H](O)C(C)(C)COP(=O)([O-])OP(=O)([O-])OC[C@H]1O[C@@H](n2cnc3c(N)ncnc32)[C@H](O)[C@@H]1OP(=O)([O-])[O-]. The second-order valence-electron chi connectivity index (χ2n) is 12.6. The lowest BCUT2D eigenvalue weighted by molar-refractivity contribution is -0.347. The Labute approximate surface area is 321 Å². The molecule has 55 heavy (non-hydrogen) atoms. The molecule has 29 heteroatoms. The van der Waals surface area contributed by atoms with E-state index in [-0.39, 0.29) is 52.5 Å². The van der Waals surface area contributed by atoms with E-state index in [1.807, 2.05) is 12.5 Å². The molecule has 2 aromatic rings. The number of nitrogen functional groups attached to an aromatic ring is 1. The number of hydrogen-bond donors (Lipinski definition) is 5. The molecule has 24 nitrogen and oxygen atoms in total. The summed E-state index contributed by atoms with van der Waals surface area (Å²) in [5, 5.41) is 26.2. The summed E-state index contributed by atoms with van der Waals surface area (Å²) in [6.07, 6.45) is -3.04. The number of hydrogen-bond acceptors (Lipinski definition) is 22. The van der Waals surface area contributed by atoms with Crippen LogP contribution in [0.3, 0.4) is 0 Å². The molecular formula is C26H41N7O17P3S2-3. The Morgan fingerprint density at radius 2 is 1.75 bits per heavy atom. The largest absolute Gasteiger partial charge is 0.790 e. The minimum atomic E-state index is -5.91. The number of nitrogens with two attached hydrogens (primary N) is 1. The normalized spacial score (nSPS) is 21.9. The molecule has 0 aliphatic carbocycles. The number of phosphoric acid groups is 3. The van der Waals surface area contributed by atoms with Gasteiger partial charge in [0.25, 0.3) is 15.6 Å². The van der Waals surface area contributed by atoms with Crippen LogP contribution < -0.4 is 35.9 Å². The first-order valence-electron chi connectivity index (χ1n) is 15.9. The van der Waals surface area contributed by atoms with Crippen molar-refractivity contribution in [3.63, 3.8) is 0 Å². The average Bonchev–Trinajstić information content (AvgIpc) is 3.63. The molecule has 1 saturated heterocycles. The number of amides is 2. The van der Waals surface area contributed by atoms with E-state index in [2.05, 4.69) is 43.5 Å². The molecule has 0 spiro atoms. The first kappa shape index (κ1) is 47.3. The van der Waals surface area contributed by atoms with Crippen LogP contribution in [-0.2, 0) is 61.6 Å². The van der Waals surface area contributed by atoms with Crippen LogP contribution in [0.5, 0.6) is 0 Å². The Bertz CT molecular complexity index is 1800. The van der Waals surface area contributed by atoms with E-state index in [0.29, 0.717) is 12.2 Å². The molecule has 3 heterocycles. The number of nitrogens with zero attached hydrogens (tertiary/aromatic N) is 4.